The third-order valence-corrected chi connectivity index (χ3v) is 2.44. The minimum Gasteiger partial charge on any atom is -0.496 e. The Hall–Kier alpha value is -1.82. The number of nitrogens with one attached hydrogen (secondary N) is 1. The number of non-ortho nitro benzene ring substituents is 1. The van der Waals surface area contributed by atoms with Gasteiger partial charge in [0.15, 0.2) is 0 Å². The number of hydrogen-bond acceptors (Lipinski definition) is 5. The van der Waals surface area contributed by atoms with Crippen LogP contribution in [0.5, 0.6) is 5.75 Å². The van der Waals surface area contributed by atoms with E-state index in [1.165, 1.54) is 19.2 Å². The first-order valence-corrected chi connectivity index (χ1v) is 5.63. The number of methoxy groups -OCH3 is 2. The topological polar surface area (TPSA) is 73.6 Å². The Labute approximate surface area is 106 Å². The zero-order valence-corrected chi connectivity index (χ0v) is 10.8. The molecule has 0 aromatic heterocycles. The first-order valence-electron chi connectivity index (χ1n) is 5.63. The quantitative estimate of drug-likeness (QED) is 0.597. The average molecular weight is 254 g/mol. The summed E-state index contributed by atoms with van der Waals surface area (Å²) in [6.45, 7) is 3.35. The van der Waals surface area contributed by atoms with Gasteiger partial charge in [0, 0.05) is 31.5 Å². The van der Waals surface area contributed by atoms with E-state index in [-0.39, 0.29) is 5.69 Å². The SMILES string of the molecule is COCC(C)CNc1cc(OC)cc([N+](=O)[O-])c1. The van der Waals surface area contributed by atoms with Crippen molar-refractivity contribution in [2.24, 2.45) is 5.92 Å². The molecule has 0 bridgehead atoms. The summed E-state index contributed by atoms with van der Waals surface area (Å²) in [6.07, 6.45) is 0. The highest BCUT2D eigenvalue weighted by molar-refractivity contribution is 5.56. The zero-order chi connectivity index (χ0) is 13.5. The molecule has 1 unspecified atom stereocenters. The number of hydrogen-bond donors (Lipinski definition) is 1. The van der Waals surface area contributed by atoms with E-state index in [1.807, 2.05) is 6.92 Å². The molecule has 0 amide bonds. The molecule has 1 atom stereocenters. The van der Waals surface area contributed by atoms with Crippen molar-refractivity contribution in [3.8, 4) is 5.75 Å². The molecule has 1 N–H and O–H groups in total. The van der Waals surface area contributed by atoms with Gasteiger partial charge in [-0.1, -0.05) is 6.92 Å². The van der Waals surface area contributed by atoms with Crippen molar-refractivity contribution >= 4 is 11.4 Å². The fraction of sp³-hybridized carbons (Fsp3) is 0.500. The highest BCUT2D eigenvalue weighted by atomic mass is 16.6. The van der Waals surface area contributed by atoms with E-state index in [0.29, 0.717) is 30.5 Å². The summed E-state index contributed by atoms with van der Waals surface area (Å²) in [7, 11) is 3.13. The standard InChI is InChI=1S/C12H18N2O4/c1-9(8-17-2)7-13-10-4-11(14(15)16)6-12(5-10)18-3/h4-6,9,13H,7-8H2,1-3H3. The predicted molar refractivity (Wildman–Crippen MR) is 69.2 cm³/mol. The lowest BCUT2D eigenvalue weighted by atomic mass is 10.2. The van der Waals surface area contributed by atoms with E-state index < -0.39 is 4.92 Å². The molecule has 100 valence electrons. The molecule has 0 saturated heterocycles. The fourth-order valence-corrected chi connectivity index (χ4v) is 1.54. The Balaban J connectivity index is 2.75. The number of rotatable bonds is 7. The van der Waals surface area contributed by atoms with Crippen molar-refractivity contribution < 1.29 is 14.4 Å². The molecule has 0 spiro atoms. The third-order valence-electron chi connectivity index (χ3n) is 2.44. The average Bonchev–Trinajstić information content (AvgIpc) is 2.36. The second-order valence-electron chi connectivity index (χ2n) is 4.12. The minimum absolute atomic E-state index is 0.0104. The number of benzene rings is 1. The molecule has 0 heterocycles. The summed E-state index contributed by atoms with van der Waals surface area (Å²) in [6, 6.07) is 4.61. The molecule has 6 heteroatoms. The Morgan fingerprint density at radius 3 is 2.67 bits per heavy atom. The van der Waals surface area contributed by atoms with Crippen molar-refractivity contribution in [1.82, 2.24) is 0 Å². The van der Waals surface area contributed by atoms with Crippen LogP contribution in [0.25, 0.3) is 0 Å². The monoisotopic (exact) mass is 254 g/mol. The van der Waals surface area contributed by atoms with Crippen LogP contribution in [-0.2, 0) is 4.74 Å². The van der Waals surface area contributed by atoms with Crippen molar-refractivity contribution in [1.29, 1.82) is 0 Å². The van der Waals surface area contributed by atoms with E-state index in [0.717, 1.165) is 0 Å². The van der Waals surface area contributed by atoms with Gasteiger partial charge in [-0.25, -0.2) is 0 Å². The van der Waals surface area contributed by atoms with E-state index in [4.69, 9.17) is 9.47 Å². The number of nitro benzene ring substituents is 1. The van der Waals surface area contributed by atoms with Crippen LogP contribution >= 0.6 is 0 Å². The lowest BCUT2D eigenvalue weighted by Gasteiger charge is -2.13. The van der Waals surface area contributed by atoms with Crippen molar-refractivity contribution in [2.75, 3.05) is 32.7 Å². The molecule has 1 aromatic carbocycles. The zero-order valence-electron chi connectivity index (χ0n) is 10.8. The molecule has 0 saturated carbocycles. The number of nitro groups is 1. The molecule has 18 heavy (non-hydrogen) atoms. The normalized spacial score (nSPS) is 11.9. The molecule has 0 aliphatic heterocycles. The third kappa shape index (κ3) is 4.21. The summed E-state index contributed by atoms with van der Waals surface area (Å²) < 4.78 is 10.1. The van der Waals surface area contributed by atoms with Gasteiger partial charge in [0.25, 0.3) is 5.69 Å². The van der Waals surface area contributed by atoms with Gasteiger partial charge in [-0.05, 0) is 5.92 Å². The Morgan fingerprint density at radius 2 is 2.11 bits per heavy atom. The highest BCUT2D eigenvalue weighted by Gasteiger charge is 2.10. The van der Waals surface area contributed by atoms with Gasteiger partial charge >= 0.3 is 0 Å². The maximum absolute atomic E-state index is 10.8. The predicted octanol–water partition coefficient (Wildman–Crippen LogP) is 2.30. The van der Waals surface area contributed by atoms with E-state index in [2.05, 4.69) is 5.32 Å². The summed E-state index contributed by atoms with van der Waals surface area (Å²) in [5, 5.41) is 13.9. The molecule has 0 fully saturated rings. The Bertz CT molecular complexity index is 409. The molecule has 1 aromatic rings. The van der Waals surface area contributed by atoms with Crippen LogP contribution < -0.4 is 10.1 Å². The van der Waals surface area contributed by atoms with Gasteiger partial charge in [-0.2, -0.15) is 0 Å². The maximum Gasteiger partial charge on any atom is 0.275 e. The van der Waals surface area contributed by atoms with Gasteiger partial charge in [-0.15, -0.1) is 0 Å². The molecular formula is C12H18N2O4. The van der Waals surface area contributed by atoms with Crippen molar-refractivity contribution in [3.05, 3.63) is 28.3 Å². The molecule has 1 rings (SSSR count). The lowest BCUT2D eigenvalue weighted by molar-refractivity contribution is -0.384. The van der Waals surface area contributed by atoms with Crippen LogP contribution in [-0.4, -0.2) is 32.3 Å². The molecule has 6 nitrogen and oxygen atoms in total. The second-order valence-corrected chi connectivity index (χ2v) is 4.12. The Morgan fingerprint density at radius 1 is 1.39 bits per heavy atom. The first-order chi connectivity index (χ1) is 8.56. The lowest BCUT2D eigenvalue weighted by Crippen LogP contribution is -2.15. The highest BCUT2D eigenvalue weighted by Crippen LogP contribution is 2.25. The summed E-state index contributed by atoms with van der Waals surface area (Å²) >= 11 is 0. The van der Waals surface area contributed by atoms with Crippen molar-refractivity contribution in [2.45, 2.75) is 6.92 Å². The van der Waals surface area contributed by atoms with Gasteiger partial charge in [0.05, 0.1) is 24.7 Å². The minimum atomic E-state index is -0.438. The van der Waals surface area contributed by atoms with Crippen molar-refractivity contribution in [3.63, 3.8) is 0 Å². The smallest absolute Gasteiger partial charge is 0.275 e. The molecule has 0 radical (unpaired) electrons. The largest absolute Gasteiger partial charge is 0.496 e. The second kappa shape index (κ2) is 6.80. The maximum atomic E-state index is 10.8. The fourth-order valence-electron chi connectivity index (χ4n) is 1.54. The van der Waals surface area contributed by atoms with E-state index in [9.17, 15) is 10.1 Å². The summed E-state index contributed by atoms with van der Waals surface area (Å²) in [5.74, 6) is 0.784. The Kier molecular flexibility index (Phi) is 5.38. The molecular weight excluding hydrogens is 236 g/mol. The van der Waals surface area contributed by atoms with Gasteiger partial charge in [0.1, 0.15) is 5.75 Å². The van der Waals surface area contributed by atoms with Crippen LogP contribution in [0.4, 0.5) is 11.4 Å². The van der Waals surface area contributed by atoms with Crippen LogP contribution in [0.3, 0.4) is 0 Å². The van der Waals surface area contributed by atoms with Gasteiger partial charge in [0.2, 0.25) is 0 Å². The van der Waals surface area contributed by atoms with E-state index >= 15 is 0 Å². The molecule has 0 aliphatic rings. The van der Waals surface area contributed by atoms with Gasteiger partial charge in [-0.3, -0.25) is 10.1 Å². The van der Waals surface area contributed by atoms with Gasteiger partial charge < -0.3 is 14.8 Å². The van der Waals surface area contributed by atoms with Crippen LogP contribution in [0.2, 0.25) is 0 Å². The first kappa shape index (κ1) is 14.2. The van der Waals surface area contributed by atoms with Crippen LogP contribution in [0.15, 0.2) is 18.2 Å². The number of anilines is 1. The van der Waals surface area contributed by atoms with Crippen LogP contribution in [0.1, 0.15) is 6.92 Å². The number of nitrogens with zero attached hydrogens (tertiary/aromatic N) is 1. The molecule has 0 aliphatic carbocycles. The summed E-state index contributed by atoms with van der Waals surface area (Å²) in [4.78, 5) is 10.3. The van der Waals surface area contributed by atoms with Crippen LogP contribution in [0, 0.1) is 16.0 Å². The summed E-state index contributed by atoms with van der Waals surface area (Å²) in [5.41, 5.74) is 0.681. The number of ether oxygens (including phenoxy) is 2. The van der Waals surface area contributed by atoms with E-state index in [1.54, 1.807) is 13.2 Å².